The lowest BCUT2D eigenvalue weighted by atomic mass is 9.89. The molecular weight excluding hydrogens is 258 g/mol. The van der Waals surface area contributed by atoms with E-state index in [1.54, 1.807) is 4.68 Å². The third-order valence-corrected chi connectivity index (χ3v) is 4.42. The molecule has 0 saturated heterocycles. The molecule has 2 N–H and O–H groups in total. The van der Waals surface area contributed by atoms with Gasteiger partial charge in [0.05, 0.1) is 5.69 Å². The maximum absolute atomic E-state index is 6.27. The first-order valence-corrected chi connectivity index (χ1v) is 7.75. The van der Waals surface area contributed by atoms with Gasteiger partial charge in [-0.1, -0.05) is 58.9 Å². The third-order valence-electron chi connectivity index (χ3n) is 4.42. The van der Waals surface area contributed by atoms with Crippen molar-refractivity contribution in [1.29, 1.82) is 0 Å². The number of nitrogens with zero attached hydrogens (tertiary/aromatic N) is 2. The highest BCUT2D eigenvalue weighted by molar-refractivity contribution is 5.77. The topological polar surface area (TPSA) is 43.8 Å². The van der Waals surface area contributed by atoms with E-state index in [1.165, 1.54) is 5.56 Å². The second-order valence-electron chi connectivity index (χ2n) is 6.58. The largest absolute Gasteiger partial charge is 0.383 e. The van der Waals surface area contributed by atoms with Crippen molar-refractivity contribution in [3.05, 3.63) is 35.5 Å². The van der Waals surface area contributed by atoms with Crippen molar-refractivity contribution in [3.63, 3.8) is 0 Å². The van der Waals surface area contributed by atoms with Gasteiger partial charge in [0.25, 0.3) is 0 Å². The second-order valence-corrected chi connectivity index (χ2v) is 6.58. The zero-order valence-corrected chi connectivity index (χ0v) is 14.0. The molecule has 3 nitrogen and oxygen atoms in total. The summed E-state index contributed by atoms with van der Waals surface area (Å²) in [5.74, 6) is 2.20. The van der Waals surface area contributed by atoms with Gasteiger partial charge in [-0.2, -0.15) is 5.10 Å². The maximum atomic E-state index is 6.27. The summed E-state index contributed by atoms with van der Waals surface area (Å²) in [7, 11) is 1.91. The Hall–Kier alpha value is -1.77. The quantitative estimate of drug-likeness (QED) is 0.895. The lowest BCUT2D eigenvalue weighted by Gasteiger charge is -2.15. The summed E-state index contributed by atoms with van der Waals surface area (Å²) in [6.45, 7) is 11.1. The Kier molecular flexibility index (Phi) is 4.40. The van der Waals surface area contributed by atoms with Gasteiger partial charge in [-0.25, -0.2) is 0 Å². The smallest absolute Gasteiger partial charge is 0.129 e. The molecule has 0 aliphatic carbocycles. The van der Waals surface area contributed by atoms with Crippen LogP contribution in [0.1, 0.15) is 57.7 Å². The van der Waals surface area contributed by atoms with E-state index in [1.807, 2.05) is 7.05 Å². The van der Waals surface area contributed by atoms with Crippen LogP contribution in [0.5, 0.6) is 0 Å². The molecule has 0 fully saturated rings. The predicted molar refractivity (Wildman–Crippen MR) is 90.4 cm³/mol. The average molecular weight is 285 g/mol. The number of nitrogens with two attached hydrogens (primary N) is 1. The van der Waals surface area contributed by atoms with E-state index in [4.69, 9.17) is 5.73 Å². The molecule has 1 unspecified atom stereocenters. The minimum atomic E-state index is 0.383. The van der Waals surface area contributed by atoms with Crippen LogP contribution >= 0.6 is 0 Å². The normalized spacial score (nSPS) is 13.1. The van der Waals surface area contributed by atoms with Crippen LogP contribution < -0.4 is 5.73 Å². The SMILES string of the molecule is CC(C)c1ccc(-c2c(C(C)C(C)C)nn(C)c2N)cc1. The molecule has 3 heteroatoms. The Labute approximate surface area is 128 Å². The number of aryl methyl sites for hydroxylation is 1. The highest BCUT2D eigenvalue weighted by Crippen LogP contribution is 2.36. The van der Waals surface area contributed by atoms with E-state index in [-0.39, 0.29) is 0 Å². The Morgan fingerprint density at radius 1 is 1.00 bits per heavy atom. The number of hydrogen-bond acceptors (Lipinski definition) is 2. The van der Waals surface area contributed by atoms with E-state index in [2.05, 4.69) is 64.0 Å². The first-order valence-electron chi connectivity index (χ1n) is 7.75. The molecule has 1 aromatic heterocycles. The highest BCUT2D eigenvalue weighted by Gasteiger charge is 2.22. The van der Waals surface area contributed by atoms with Crippen molar-refractivity contribution in [2.24, 2.45) is 13.0 Å². The average Bonchev–Trinajstić information content (AvgIpc) is 2.74. The molecule has 2 aromatic rings. The fourth-order valence-corrected chi connectivity index (χ4v) is 2.52. The molecule has 21 heavy (non-hydrogen) atoms. The Balaban J connectivity index is 2.52. The molecule has 0 spiro atoms. The minimum absolute atomic E-state index is 0.383. The summed E-state index contributed by atoms with van der Waals surface area (Å²) in [6.07, 6.45) is 0. The Morgan fingerprint density at radius 3 is 2.05 bits per heavy atom. The summed E-state index contributed by atoms with van der Waals surface area (Å²) in [5.41, 5.74) is 11.0. The number of rotatable bonds is 4. The molecule has 2 rings (SSSR count). The van der Waals surface area contributed by atoms with E-state index in [9.17, 15) is 0 Å². The summed E-state index contributed by atoms with van der Waals surface area (Å²) in [5, 5.41) is 4.66. The first-order chi connectivity index (χ1) is 9.82. The van der Waals surface area contributed by atoms with Gasteiger partial charge in [-0.3, -0.25) is 4.68 Å². The molecule has 0 aliphatic heterocycles. The lowest BCUT2D eigenvalue weighted by molar-refractivity contribution is 0.517. The van der Waals surface area contributed by atoms with Crippen LogP contribution in [0.15, 0.2) is 24.3 Å². The van der Waals surface area contributed by atoms with Crippen LogP contribution in [0, 0.1) is 5.92 Å². The van der Waals surface area contributed by atoms with Gasteiger partial charge in [0, 0.05) is 18.5 Å². The van der Waals surface area contributed by atoms with Crippen molar-refractivity contribution in [2.45, 2.75) is 46.5 Å². The standard InChI is InChI=1S/C18H27N3/c1-11(2)13(5)17-16(18(19)21(6)20-17)15-9-7-14(8-10-15)12(3)4/h7-13H,19H2,1-6H3. The predicted octanol–water partition coefficient (Wildman–Crippen LogP) is 4.55. The molecule has 114 valence electrons. The number of nitrogen functional groups attached to an aromatic ring is 1. The van der Waals surface area contributed by atoms with E-state index in [0.717, 1.165) is 22.6 Å². The van der Waals surface area contributed by atoms with Crippen LogP contribution in [0.25, 0.3) is 11.1 Å². The maximum Gasteiger partial charge on any atom is 0.129 e. The Bertz CT molecular complexity index is 606. The molecule has 0 amide bonds. The zero-order chi connectivity index (χ0) is 15.7. The summed E-state index contributed by atoms with van der Waals surface area (Å²) < 4.78 is 1.79. The monoisotopic (exact) mass is 285 g/mol. The summed E-state index contributed by atoms with van der Waals surface area (Å²) in [6, 6.07) is 8.71. The number of anilines is 1. The third kappa shape index (κ3) is 2.97. The molecule has 0 radical (unpaired) electrons. The molecule has 0 saturated carbocycles. The van der Waals surface area contributed by atoms with Crippen molar-refractivity contribution in [3.8, 4) is 11.1 Å². The van der Waals surface area contributed by atoms with Gasteiger partial charge in [-0.15, -0.1) is 0 Å². The fraction of sp³-hybridized carbons (Fsp3) is 0.500. The van der Waals surface area contributed by atoms with Crippen molar-refractivity contribution in [1.82, 2.24) is 9.78 Å². The molecule has 1 aromatic carbocycles. The van der Waals surface area contributed by atoms with E-state index < -0.39 is 0 Å². The molecule has 1 atom stereocenters. The van der Waals surface area contributed by atoms with Gasteiger partial charge < -0.3 is 5.73 Å². The number of hydrogen-bond donors (Lipinski definition) is 1. The van der Waals surface area contributed by atoms with Crippen LogP contribution in [0.4, 0.5) is 5.82 Å². The Morgan fingerprint density at radius 2 is 1.57 bits per heavy atom. The first kappa shape index (κ1) is 15.6. The van der Waals surface area contributed by atoms with Gasteiger partial charge in [0.1, 0.15) is 5.82 Å². The summed E-state index contributed by atoms with van der Waals surface area (Å²) >= 11 is 0. The van der Waals surface area contributed by atoms with Gasteiger partial charge in [-0.05, 0) is 23.0 Å². The molecular formula is C18H27N3. The lowest BCUT2D eigenvalue weighted by Crippen LogP contribution is -2.05. The minimum Gasteiger partial charge on any atom is -0.383 e. The van der Waals surface area contributed by atoms with Crippen LogP contribution in [0.3, 0.4) is 0 Å². The van der Waals surface area contributed by atoms with Gasteiger partial charge in [0.15, 0.2) is 0 Å². The van der Waals surface area contributed by atoms with E-state index in [0.29, 0.717) is 17.8 Å². The van der Waals surface area contributed by atoms with Crippen LogP contribution in [-0.4, -0.2) is 9.78 Å². The number of benzene rings is 1. The second kappa shape index (κ2) is 5.92. The fourth-order valence-electron chi connectivity index (χ4n) is 2.52. The number of aromatic nitrogens is 2. The van der Waals surface area contributed by atoms with Gasteiger partial charge >= 0.3 is 0 Å². The zero-order valence-electron chi connectivity index (χ0n) is 14.0. The molecule has 0 aliphatic rings. The van der Waals surface area contributed by atoms with Crippen LogP contribution in [-0.2, 0) is 7.05 Å². The van der Waals surface area contributed by atoms with Crippen molar-refractivity contribution >= 4 is 5.82 Å². The van der Waals surface area contributed by atoms with Crippen molar-refractivity contribution < 1.29 is 0 Å². The van der Waals surface area contributed by atoms with Gasteiger partial charge in [0.2, 0.25) is 0 Å². The highest BCUT2D eigenvalue weighted by atomic mass is 15.3. The molecule has 1 heterocycles. The van der Waals surface area contributed by atoms with E-state index >= 15 is 0 Å². The van der Waals surface area contributed by atoms with Crippen LogP contribution in [0.2, 0.25) is 0 Å². The molecule has 0 bridgehead atoms. The summed E-state index contributed by atoms with van der Waals surface area (Å²) in [4.78, 5) is 0. The van der Waals surface area contributed by atoms with Crippen molar-refractivity contribution in [2.75, 3.05) is 5.73 Å².